The van der Waals surface area contributed by atoms with E-state index in [-0.39, 0.29) is 0 Å². The van der Waals surface area contributed by atoms with Gasteiger partial charge in [0.2, 0.25) is 0 Å². The Balaban J connectivity index is 1.11. The molecule has 0 bridgehead atoms. The van der Waals surface area contributed by atoms with Gasteiger partial charge >= 0.3 is 0 Å². The lowest BCUT2D eigenvalue weighted by Gasteiger charge is -2.18. The van der Waals surface area contributed by atoms with Gasteiger partial charge in [0, 0.05) is 54.5 Å². The number of hydrogen-bond acceptors (Lipinski definition) is 1. The van der Waals surface area contributed by atoms with Gasteiger partial charge < -0.3 is 18.1 Å². The molecule has 58 heavy (non-hydrogen) atoms. The Kier molecular flexibility index (Phi) is 6.41. The molecule has 270 valence electrons. The highest BCUT2D eigenvalue weighted by atomic mass is 16.3. The molecule has 0 N–H and O–H groups in total. The summed E-state index contributed by atoms with van der Waals surface area (Å²) in [6.45, 7) is 0. The van der Waals surface area contributed by atoms with Crippen molar-refractivity contribution in [1.82, 2.24) is 13.7 Å². The van der Waals surface area contributed by atoms with Gasteiger partial charge in [-0.2, -0.15) is 0 Å². The number of para-hydroxylation sites is 7. The highest BCUT2D eigenvalue weighted by Gasteiger charge is 2.24. The van der Waals surface area contributed by atoms with E-state index in [1.165, 1.54) is 49.0 Å². The summed E-state index contributed by atoms with van der Waals surface area (Å²) in [5, 5.41) is 9.54. The molecule has 9 aromatic carbocycles. The molecule has 13 aromatic rings. The molecule has 0 aliphatic rings. The summed E-state index contributed by atoms with van der Waals surface area (Å²) in [5.74, 6) is 0. The van der Waals surface area contributed by atoms with E-state index >= 15 is 0 Å². The minimum absolute atomic E-state index is 0.906. The zero-order valence-corrected chi connectivity index (χ0v) is 31.3. The van der Waals surface area contributed by atoms with Gasteiger partial charge in [-0.3, -0.25) is 0 Å². The minimum atomic E-state index is 0.906. The van der Waals surface area contributed by atoms with Crippen molar-refractivity contribution in [2.24, 2.45) is 0 Å². The Labute approximate surface area is 332 Å². The average molecular weight is 740 g/mol. The van der Waals surface area contributed by atoms with Gasteiger partial charge in [0.1, 0.15) is 11.2 Å². The molecule has 0 radical (unpaired) electrons. The number of rotatable bonds is 4. The van der Waals surface area contributed by atoms with Gasteiger partial charge in [-0.15, -0.1) is 0 Å². The van der Waals surface area contributed by atoms with Crippen LogP contribution >= 0.6 is 0 Å². The molecule has 0 saturated carbocycles. The van der Waals surface area contributed by atoms with Gasteiger partial charge in [-0.1, -0.05) is 133 Å². The van der Waals surface area contributed by atoms with Crippen LogP contribution in [0.1, 0.15) is 0 Å². The maximum atomic E-state index is 6.66. The lowest BCUT2D eigenvalue weighted by molar-refractivity contribution is 0.673. The Morgan fingerprint density at radius 2 is 0.776 bits per heavy atom. The normalized spacial score (nSPS) is 12.1. The predicted octanol–water partition coefficient (Wildman–Crippen LogP) is 14.5. The maximum Gasteiger partial charge on any atom is 0.145 e. The largest absolute Gasteiger partial charge is 0.455 e. The maximum absolute atomic E-state index is 6.66. The van der Waals surface area contributed by atoms with Crippen LogP contribution in [0.25, 0.3) is 116 Å². The summed E-state index contributed by atoms with van der Waals surface area (Å²) in [4.78, 5) is 0. The zero-order chi connectivity index (χ0) is 37.9. The van der Waals surface area contributed by atoms with E-state index < -0.39 is 0 Å². The fourth-order valence-electron chi connectivity index (χ4n) is 9.90. The fraction of sp³-hybridized carbons (Fsp3) is 0. The standard InChI is InChI=1S/C54H33N3O/c1-2-16-34(17-3-1)55-43-24-10-6-20-37(43)39-30-32-48-51(53(39)55)41-22-7-13-27-46(41)56(48)44-25-11-4-18-35(44)36-19-5-12-26-45(36)57-47-28-14-8-23-42(47)52-49(57)33-31-40-38-21-9-15-29-50(38)58-54(40)52/h1-33H. The van der Waals surface area contributed by atoms with Gasteiger partial charge in [-0.05, 0) is 66.7 Å². The number of hydrogen-bond donors (Lipinski definition) is 0. The van der Waals surface area contributed by atoms with Crippen molar-refractivity contribution < 1.29 is 4.42 Å². The van der Waals surface area contributed by atoms with Crippen molar-refractivity contribution in [3.05, 3.63) is 200 Å². The first-order valence-electron chi connectivity index (χ1n) is 19.9. The van der Waals surface area contributed by atoms with E-state index in [2.05, 4.69) is 208 Å². The van der Waals surface area contributed by atoms with E-state index in [1.807, 2.05) is 6.07 Å². The van der Waals surface area contributed by atoms with E-state index in [4.69, 9.17) is 4.42 Å². The Hall–Kier alpha value is -7.82. The summed E-state index contributed by atoms with van der Waals surface area (Å²) in [5.41, 5.74) is 14.6. The van der Waals surface area contributed by atoms with Crippen molar-refractivity contribution >= 4 is 87.4 Å². The molecule has 0 spiro atoms. The monoisotopic (exact) mass is 739 g/mol. The van der Waals surface area contributed by atoms with Crippen LogP contribution < -0.4 is 0 Å². The Bertz CT molecular complexity index is 3800. The van der Waals surface area contributed by atoms with Crippen LogP contribution in [0.2, 0.25) is 0 Å². The van der Waals surface area contributed by atoms with Gasteiger partial charge in [0.15, 0.2) is 0 Å². The number of fused-ring (bicyclic) bond motifs is 14. The van der Waals surface area contributed by atoms with Gasteiger partial charge in [0.25, 0.3) is 0 Å². The highest BCUT2D eigenvalue weighted by molar-refractivity contribution is 6.27. The fourth-order valence-corrected chi connectivity index (χ4v) is 9.90. The van der Waals surface area contributed by atoms with Crippen LogP contribution in [0.5, 0.6) is 0 Å². The van der Waals surface area contributed by atoms with E-state index in [0.717, 1.165) is 66.5 Å². The molecule has 0 amide bonds. The molecule has 0 atom stereocenters. The van der Waals surface area contributed by atoms with E-state index in [9.17, 15) is 0 Å². The first-order valence-corrected chi connectivity index (χ1v) is 19.9. The van der Waals surface area contributed by atoms with Crippen molar-refractivity contribution in [3.8, 4) is 28.2 Å². The SMILES string of the molecule is c1ccc(-n2c3ccccc3c3ccc4c(c5ccccc5n4-c4ccccc4-c4ccccc4-n4c5ccccc5c5c6oc7ccccc7c6ccc54)c32)cc1. The van der Waals surface area contributed by atoms with Crippen LogP contribution in [-0.2, 0) is 0 Å². The minimum Gasteiger partial charge on any atom is -0.455 e. The second-order valence-electron chi connectivity index (χ2n) is 15.2. The molecule has 0 aliphatic carbocycles. The molecule has 0 fully saturated rings. The highest BCUT2D eigenvalue weighted by Crippen LogP contribution is 2.46. The third kappa shape index (κ3) is 4.18. The van der Waals surface area contributed by atoms with Gasteiger partial charge in [-0.25, -0.2) is 0 Å². The van der Waals surface area contributed by atoms with Crippen LogP contribution in [0.4, 0.5) is 0 Å². The summed E-state index contributed by atoms with van der Waals surface area (Å²) < 4.78 is 14.0. The van der Waals surface area contributed by atoms with Crippen molar-refractivity contribution in [2.75, 3.05) is 0 Å². The van der Waals surface area contributed by atoms with E-state index in [0.29, 0.717) is 0 Å². The number of benzene rings is 9. The molecule has 0 unspecified atom stereocenters. The van der Waals surface area contributed by atoms with Crippen LogP contribution in [0, 0.1) is 0 Å². The zero-order valence-electron chi connectivity index (χ0n) is 31.3. The van der Waals surface area contributed by atoms with Crippen LogP contribution in [0.3, 0.4) is 0 Å². The van der Waals surface area contributed by atoms with E-state index in [1.54, 1.807) is 0 Å². The molecular weight excluding hydrogens is 707 g/mol. The second-order valence-corrected chi connectivity index (χ2v) is 15.2. The molecule has 0 saturated heterocycles. The molecule has 4 heteroatoms. The Morgan fingerprint density at radius 3 is 1.45 bits per heavy atom. The first-order chi connectivity index (χ1) is 28.8. The van der Waals surface area contributed by atoms with Crippen molar-refractivity contribution in [2.45, 2.75) is 0 Å². The molecule has 0 aliphatic heterocycles. The second kappa shape index (κ2) is 11.8. The number of aromatic nitrogens is 3. The topological polar surface area (TPSA) is 27.9 Å². The smallest absolute Gasteiger partial charge is 0.145 e. The third-order valence-corrected chi connectivity index (χ3v) is 12.2. The summed E-state index contributed by atoms with van der Waals surface area (Å²) in [6.07, 6.45) is 0. The van der Waals surface area contributed by atoms with Crippen LogP contribution in [0.15, 0.2) is 205 Å². The lowest BCUT2D eigenvalue weighted by atomic mass is 10.0. The summed E-state index contributed by atoms with van der Waals surface area (Å²) in [7, 11) is 0. The predicted molar refractivity (Wildman–Crippen MR) is 242 cm³/mol. The van der Waals surface area contributed by atoms with Crippen molar-refractivity contribution in [1.29, 1.82) is 0 Å². The van der Waals surface area contributed by atoms with Crippen LogP contribution in [-0.4, -0.2) is 13.7 Å². The molecule has 13 rings (SSSR count). The molecular formula is C54H33N3O. The number of furan rings is 1. The third-order valence-electron chi connectivity index (χ3n) is 12.2. The molecule has 4 nitrogen and oxygen atoms in total. The summed E-state index contributed by atoms with van der Waals surface area (Å²) in [6, 6.07) is 72.4. The van der Waals surface area contributed by atoms with Gasteiger partial charge in [0.05, 0.1) is 49.9 Å². The first kappa shape index (κ1) is 31.4. The number of nitrogens with zero attached hydrogens (tertiary/aromatic N) is 3. The summed E-state index contributed by atoms with van der Waals surface area (Å²) >= 11 is 0. The average Bonchev–Trinajstić information content (AvgIpc) is 4.03. The van der Waals surface area contributed by atoms with Crippen molar-refractivity contribution in [3.63, 3.8) is 0 Å². The molecule has 4 heterocycles. The lowest BCUT2D eigenvalue weighted by Crippen LogP contribution is -2.01. The quantitative estimate of drug-likeness (QED) is 0.177. The molecule has 4 aromatic heterocycles. The Morgan fingerprint density at radius 1 is 0.293 bits per heavy atom.